The number of methoxy groups -OCH3 is 1. The molecule has 1 fully saturated rings. The molecule has 0 bridgehead atoms. The quantitative estimate of drug-likeness (QED) is 0.658. The van der Waals surface area contributed by atoms with Crippen LogP contribution in [0.4, 0.5) is 0 Å². The van der Waals surface area contributed by atoms with Crippen molar-refractivity contribution >= 4 is 0 Å². The van der Waals surface area contributed by atoms with Crippen LogP contribution in [0.5, 0.6) is 0 Å². The minimum absolute atomic E-state index is 0.474. The minimum atomic E-state index is 0.474. The fourth-order valence-corrected chi connectivity index (χ4v) is 4.72. The summed E-state index contributed by atoms with van der Waals surface area (Å²) >= 11 is 0. The van der Waals surface area contributed by atoms with Crippen LogP contribution in [0.1, 0.15) is 64.2 Å². The Morgan fingerprint density at radius 2 is 1.79 bits per heavy atom. The molecule has 0 aliphatic heterocycles. The van der Waals surface area contributed by atoms with Crippen LogP contribution in [-0.4, -0.2) is 31.1 Å². The van der Waals surface area contributed by atoms with Crippen LogP contribution in [-0.2, 0) is 24.2 Å². The third-order valence-corrected chi connectivity index (χ3v) is 5.85. The highest BCUT2D eigenvalue weighted by Crippen LogP contribution is 2.44. The zero-order valence-electron chi connectivity index (χ0n) is 16.7. The highest BCUT2D eigenvalue weighted by atomic mass is 16.5. The van der Waals surface area contributed by atoms with Gasteiger partial charge >= 0.3 is 0 Å². The van der Waals surface area contributed by atoms with Gasteiger partial charge in [-0.25, -0.2) is 0 Å². The molecule has 1 aromatic carbocycles. The molecule has 1 saturated carbocycles. The molecule has 2 unspecified atom stereocenters. The molecule has 0 spiro atoms. The molecule has 24 heavy (non-hydrogen) atoms. The number of aryl methyl sites for hydroxylation is 1. The second kappa shape index (κ2) is 8.49. The Labute approximate surface area is 149 Å². The van der Waals surface area contributed by atoms with E-state index in [4.69, 9.17) is 4.74 Å². The molecule has 2 nitrogen and oxygen atoms in total. The summed E-state index contributed by atoms with van der Waals surface area (Å²) in [5, 5.41) is 0. The van der Waals surface area contributed by atoms with E-state index in [-0.39, 0.29) is 0 Å². The van der Waals surface area contributed by atoms with Gasteiger partial charge in [0, 0.05) is 13.2 Å². The first-order valence-corrected chi connectivity index (χ1v) is 9.77. The minimum Gasteiger partial charge on any atom is -0.380 e. The van der Waals surface area contributed by atoms with Crippen molar-refractivity contribution in [2.75, 3.05) is 20.2 Å². The second-order valence-corrected chi connectivity index (χ2v) is 8.21. The van der Waals surface area contributed by atoms with Gasteiger partial charge in [-0.3, -0.25) is 0 Å². The Morgan fingerprint density at radius 1 is 1.08 bits per heavy atom. The van der Waals surface area contributed by atoms with Crippen LogP contribution < -0.4 is 0 Å². The first-order chi connectivity index (χ1) is 11.4. The first-order valence-electron chi connectivity index (χ1n) is 9.77. The largest absolute Gasteiger partial charge is 0.380 e. The van der Waals surface area contributed by atoms with Crippen molar-refractivity contribution in [3.63, 3.8) is 0 Å². The van der Waals surface area contributed by atoms with Gasteiger partial charge in [-0.05, 0) is 66.8 Å². The molecular weight excluding hydrogens is 294 g/mol. The Kier molecular flexibility index (Phi) is 6.88. The third kappa shape index (κ3) is 4.61. The van der Waals surface area contributed by atoms with Crippen LogP contribution in [0.15, 0.2) is 18.2 Å². The molecule has 2 heteroatoms. The van der Waals surface area contributed by atoms with Crippen LogP contribution in [0.2, 0.25) is 0 Å². The number of hydrogen-bond donors (Lipinski definition) is 0. The standard InChI is InChI=1S/C22H37NO/c1-7-18-12-17(10-11-19(18)16-24-6)13-20-14-22(4,5)15-21(20)23(8-2)9-3/h10-12,20-21H,7-9,13-16H2,1-6H3. The van der Waals surface area contributed by atoms with Gasteiger partial charge in [0.05, 0.1) is 6.61 Å². The third-order valence-electron chi connectivity index (χ3n) is 5.85. The van der Waals surface area contributed by atoms with Crippen molar-refractivity contribution in [1.82, 2.24) is 4.90 Å². The molecule has 1 aliphatic rings. The molecular formula is C22H37NO. The van der Waals surface area contributed by atoms with Gasteiger partial charge in [-0.15, -0.1) is 0 Å². The van der Waals surface area contributed by atoms with Gasteiger partial charge in [-0.1, -0.05) is 52.8 Å². The molecule has 0 aromatic heterocycles. The number of nitrogens with zero attached hydrogens (tertiary/aromatic N) is 1. The van der Waals surface area contributed by atoms with Crippen molar-refractivity contribution in [3.8, 4) is 0 Å². The molecule has 2 atom stereocenters. The maximum Gasteiger partial charge on any atom is 0.0715 e. The summed E-state index contributed by atoms with van der Waals surface area (Å²) in [4.78, 5) is 2.68. The average Bonchev–Trinajstić information content (AvgIpc) is 2.85. The van der Waals surface area contributed by atoms with E-state index in [9.17, 15) is 0 Å². The number of benzene rings is 1. The first kappa shape index (κ1) is 19.5. The summed E-state index contributed by atoms with van der Waals surface area (Å²) in [6.45, 7) is 14.8. The Morgan fingerprint density at radius 3 is 2.38 bits per heavy atom. The molecule has 1 aromatic rings. The summed E-state index contributed by atoms with van der Waals surface area (Å²) < 4.78 is 5.34. The zero-order chi connectivity index (χ0) is 17.7. The molecule has 0 radical (unpaired) electrons. The predicted molar refractivity (Wildman–Crippen MR) is 103 cm³/mol. The lowest BCUT2D eigenvalue weighted by molar-refractivity contribution is 0.171. The zero-order valence-corrected chi connectivity index (χ0v) is 16.7. The van der Waals surface area contributed by atoms with E-state index in [1.165, 1.54) is 49.0 Å². The highest BCUT2D eigenvalue weighted by Gasteiger charge is 2.41. The van der Waals surface area contributed by atoms with Gasteiger partial charge in [0.25, 0.3) is 0 Å². The molecule has 136 valence electrons. The van der Waals surface area contributed by atoms with Crippen LogP contribution >= 0.6 is 0 Å². The summed E-state index contributed by atoms with van der Waals surface area (Å²) in [6.07, 6.45) is 4.98. The van der Waals surface area contributed by atoms with Crippen molar-refractivity contribution in [2.24, 2.45) is 11.3 Å². The highest BCUT2D eigenvalue weighted by molar-refractivity contribution is 5.32. The lowest BCUT2D eigenvalue weighted by Crippen LogP contribution is -2.38. The maximum absolute atomic E-state index is 5.34. The van der Waals surface area contributed by atoms with Crippen molar-refractivity contribution in [2.45, 2.75) is 73.0 Å². The fraction of sp³-hybridized carbons (Fsp3) is 0.727. The van der Waals surface area contributed by atoms with Crippen LogP contribution in [0, 0.1) is 11.3 Å². The van der Waals surface area contributed by atoms with Gasteiger partial charge in [-0.2, -0.15) is 0 Å². The Bertz CT molecular complexity index is 519. The summed E-state index contributed by atoms with van der Waals surface area (Å²) in [6, 6.07) is 7.78. The van der Waals surface area contributed by atoms with Gasteiger partial charge in [0.2, 0.25) is 0 Å². The van der Waals surface area contributed by atoms with E-state index in [0.717, 1.165) is 25.0 Å². The molecule has 0 saturated heterocycles. The van der Waals surface area contributed by atoms with Gasteiger partial charge in [0.15, 0.2) is 0 Å². The van der Waals surface area contributed by atoms with Crippen molar-refractivity contribution in [3.05, 3.63) is 34.9 Å². The lowest BCUT2D eigenvalue weighted by atomic mass is 9.88. The monoisotopic (exact) mass is 331 g/mol. The van der Waals surface area contributed by atoms with Crippen molar-refractivity contribution in [1.29, 1.82) is 0 Å². The average molecular weight is 332 g/mol. The molecule has 1 aliphatic carbocycles. The van der Waals surface area contributed by atoms with E-state index in [1.54, 1.807) is 7.11 Å². The summed E-state index contributed by atoms with van der Waals surface area (Å²) in [5.41, 5.74) is 4.77. The number of hydrogen-bond acceptors (Lipinski definition) is 2. The van der Waals surface area contributed by atoms with E-state index in [1.807, 2.05) is 0 Å². The molecule has 0 amide bonds. The maximum atomic E-state index is 5.34. The van der Waals surface area contributed by atoms with Crippen LogP contribution in [0.3, 0.4) is 0 Å². The normalized spacial score (nSPS) is 23.1. The Balaban J connectivity index is 2.18. The SMILES string of the molecule is CCc1cc(CC2CC(C)(C)CC2N(CC)CC)ccc1COC. The van der Waals surface area contributed by atoms with E-state index >= 15 is 0 Å². The van der Waals surface area contributed by atoms with E-state index in [2.05, 4.69) is 57.7 Å². The summed E-state index contributed by atoms with van der Waals surface area (Å²) in [5.74, 6) is 0.776. The topological polar surface area (TPSA) is 12.5 Å². The molecule has 0 N–H and O–H groups in total. The van der Waals surface area contributed by atoms with Gasteiger partial charge < -0.3 is 9.64 Å². The fourth-order valence-electron chi connectivity index (χ4n) is 4.72. The van der Waals surface area contributed by atoms with Crippen molar-refractivity contribution < 1.29 is 4.74 Å². The number of ether oxygens (including phenoxy) is 1. The smallest absolute Gasteiger partial charge is 0.0715 e. The molecule has 2 rings (SSSR count). The second-order valence-electron chi connectivity index (χ2n) is 8.21. The molecule has 0 heterocycles. The Hall–Kier alpha value is -0.860. The lowest BCUT2D eigenvalue weighted by Gasteiger charge is -2.31. The number of rotatable bonds is 8. The summed E-state index contributed by atoms with van der Waals surface area (Å²) in [7, 11) is 1.78. The van der Waals surface area contributed by atoms with E-state index < -0.39 is 0 Å². The van der Waals surface area contributed by atoms with Crippen LogP contribution in [0.25, 0.3) is 0 Å². The van der Waals surface area contributed by atoms with E-state index in [0.29, 0.717) is 5.41 Å². The predicted octanol–water partition coefficient (Wildman–Crippen LogP) is 5.08. The van der Waals surface area contributed by atoms with Gasteiger partial charge in [0.1, 0.15) is 0 Å².